The molecule has 0 saturated heterocycles. The number of rotatable bonds is 5. The number of nitrogens with one attached hydrogen (secondary N) is 1. The van der Waals surface area contributed by atoms with Crippen LogP contribution in [0.25, 0.3) is 27.0 Å². The summed E-state index contributed by atoms with van der Waals surface area (Å²) in [5.41, 5.74) is 3.92. The van der Waals surface area contributed by atoms with Gasteiger partial charge in [-0.1, -0.05) is 11.6 Å². The lowest BCUT2D eigenvalue weighted by atomic mass is 10.2. The molecule has 0 radical (unpaired) electrons. The zero-order chi connectivity index (χ0) is 24.0. The Hall–Kier alpha value is -3.76. The number of esters is 1. The van der Waals surface area contributed by atoms with E-state index < -0.39 is 5.97 Å². The molecular weight excluding hydrogens is 476 g/mol. The number of aryl methyl sites for hydroxylation is 2. The highest BCUT2D eigenvalue weighted by Gasteiger charge is 2.20. The summed E-state index contributed by atoms with van der Waals surface area (Å²) in [6.07, 6.45) is 5.10. The summed E-state index contributed by atoms with van der Waals surface area (Å²) in [5, 5.41) is 12.9. The van der Waals surface area contributed by atoms with E-state index in [0.717, 1.165) is 33.6 Å². The molecule has 4 heterocycles. The molecule has 0 atom stereocenters. The van der Waals surface area contributed by atoms with Crippen molar-refractivity contribution < 1.29 is 14.3 Å². The minimum atomic E-state index is -0.496. The van der Waals surface area contributed by atoms with Gasteiger partial charge in [0.2, 0.25) is 0 Å². The van der Waals surface area contributed by atoms with Crippen LogP contribution in [0, 0.1) is 6.92 Å². The van der Waals surface area contributed by atoms with Crippen LogP contribution < -0.4 is 5.32 Å². The largest absolute Gasteiger partial charge is 0.465 e. The minimum Gasteiger partial charge on any atom is -0.465 e. The van der Waals surface area contributed by atoms with Crippen molar-refractivity contribution in [2.75, 3.05) is 12.4 Å². The van der Waals surface area contributed by atoms with Crippen LogP contribution in [0.3, 0.4) is 0 Å². The number of hydrogen-bond donors (Lipinski definition) is 1. The highest BCUT2D eigenvalue weighted by atomic mass is 35.5. The zero-order valence-electron chi connectivity index (χ0n) is 18.5. The molecule has 0 aliphatic rings. The van der Waals surface area contributed by atoms with E-state index in [-0.39, 0.29) is 5.91 Å². The number of thiophene rings is 1. The minimum absolute atomic E-state index is 0.323. The van der Waals surface area contributed by atoms with Crippen molar-refractivity contribution in [1.82, 2.24) is 24.4 Å². The van der Waals surface area contributed by atoms with Gasteiger partial charge in [-0.2, -0.15) is 10.2 Å². The summed E-state index contributed by atoms with van der Waals surface area (Å²) < 4.78 is 9.04. The molecule has 5 rings (SSSR count). The number of methoxy groups -OCH3 is 1. The predicted octanol–water partition coefficient (Wildman–Crippen LogP) is 4.83. The number of fused-ring (bicyclic) bond motifs is 2. The van der Waals surface area contributed by atoms with E-state index in [1.54, 1.807) is 28.9 Å². The Labute approximate surface area is 202 Å². The van der Waals surface area contributed by atoms with E-state index in [1.165, 1.54) is 24.6 Å². The Morgan fingerprint density at radius 3 is 2.82 bits per heavy atom. The molecule has 11 heteroatoms. The lowest BCUT2D eigenvalue weighted by molar-refractivity contribution is 0.0606. The summed E-state index contributed by atoms with van der Waals surface area (Å²) >= 11 is 7.53. The normalized spacial score (nSPS) is 11.3. The van der Waals surface area contributed by atoms with E-state index in [4.69, 9.17) is 16.3 Å². The number of carbonyl (C=O) groups excluding carboxylic acids is 2. The number of aromatic nitrogens is 5. The van der Waals surface area contributed by atoms with Crippen LogP contribution in [-0.4, -0.2) is 43.4 Å². The molecule has 34 heavy (non-hydrogen) atoms. The Balaban J connectivity index is 1.48. The number of carbonyl (C=O) groups is 2. The molecule has 0 unspecified atom stereocenters. The molecule has 0 aliphatic heterocycles. The van der Waals surface area contributed by atoms with Crippen LogP contribution in [0.1, 0.15) is 32.6 Å². The van der Waals surface area contributed by atoms with Gasteiger partial charge in [0.05, 0.1) is 29.7 Å². The Kier molecular flexibility index (Phi) is 5.54. The predicted molar refractivity (Wildman–Crippen MR) is 131 cm³/mol. The van der Waals surface area contributed by atoms with Crippen LogP contribution >= 0.6 is 22.9 Å². The standard InChI is InChI=1S/C23H19ClN6O3S/c1-4-29-11-16(12(2)28-29)17-7-8-25-21-15(10-26-30(17)21)22(31)27-13-5-6-14-18(9-13)34-20(19(14)24)23(32)33-3/h5-11H,4H2,1-3H3,(H,27,31). The van der Waals surface area contributed by atoms with Gasteiger partial charge in [0, 0.05) is 40.3 Å². The fraction of sp³-hybridized carbons (Fsp3) is 0.174. The molecule has 1 amide bonds. The van der Waals surface area contributed by atoms with Crippen LogP contribution in [0.5, 0.6) is 0 Å². The first kappa shape index (κ1) is 22.1. The fourth-order valence-electron chi connectivity index (χ4n) is 3.75. The van der Waals surface area contributed by atoms with Crippen molar-refractivity contribution >= 4 is 56.2 Å². The average molecular weight is 495 g/mol. The van der Waals surface area contributed by atoms with Crippen molar-refractivity contribution in [2.45, 2.75) is 20.4 Å². The van der Waals surface area contributed by atoms with E-state index in [9.17, 15) is 9.59 Å². The van der Waals surface area contributed by atoms with Crippen LogP contribution in [-0.2, 0) is 11.3 Å². The van der Waals surface area contributed by atoms with Gasteiger partial charge < -0.3 is 10.1 Å². The Morgan fingerprint density at radius 2 is 2.09 bits per heavy atom. The lowest BCUT2D eigenvalue weighted by Gasteiger charge is -2.05. The van der Waals surface area contributed by atoms with Crippen molar-refractivity contribution in [3.63, 3.8) is 0 Å². The van der Waals surface area contributed by atoms with E-state index in [2.05, 4.69) is 20.5 Å². The van der Waals surface area contributed by atoms with Gasteiger partial charge in [0.1, 0.15) is 10.4 Å². The summed E-state index contributed by atoms with van der Waals surface area (Å²) in [5.74, 6) is -0.847. The Bertz CT molecular complexity index is 1580. The average Bonchev–Trinajstić information content (AvgIpc) is 3.53. The molecular formula is C23H19ClN6O3S. The van der Waals surface area contributed by atoms with Gasteiger partial charge in [-0.05, 0) is 38.1 Å². The summed E-state index contributed by atoms with van der Waals surface area (Å²) in [6, 6.07) is 7.10. The van der Waals surface area contributed by atoms with Crippen LogP contribution in [0.15, 0.2) is 42.9 Å². The summed E-state index contributed by atoms with van der Waals surface area (Å²) in [6.45, 7) is 4.71. The first-order valence-corrected chi connectivity index (χ1v) is 11.6. The third-order valence-corrected chi connectivity index (χ3v) is 7.09. The molecule has 0 aliphatic carbocycles. The van der Waals surface area contributed by atoms with Gasteiger partial charge in [-0.25, -0.2) is 14.3 Å². The first-order chi connectivity index (χ1) is 16.4. The smallest absolute Gasteiger partial charge is 0.349 e. The SMILES string of the molecule is CCn1cc(-c2ccnc3c(C(=O)Nc4ccc5c(Cl)c(C(=O)OC)sc5c4)cnn23)c(C)n1. The molecule has 1 aromatic carbocycles. The van der Waals surface area contributed by atoms with Gasteiger partial charge in [0.15, 0.2) is 5.65 Å². The first-order valence-electron chi connectivity index (χ1n) is 10.4. The van der Waals surface area contributed by atoms with Crippen molar-refractivity contribution in [2.24, 2.45) is 0 Å². The van der Waals surface area contributed by atoms with Gasteiger partial charge in [-0.15, -0.1) is 11.3 Å². The third kappa shape index (κ3) is 3.61. The highest BCUT2D eigenvalue weighted by Crippen LogP contribution is 2.37. The number of hydrogen-bond acceptors (Lipinski definition) is 7. The van der Waals surface area contributed by atoms with E-state index in [1.807, 2.05) is 30.8 Å². The second-order valence-electron chi connectivity index (χ2n) is 7.51. The molecule has 4 aromatic heterocycles. The maximum absolute atomic E-state index is 13.1. The van der Waals surface area contributed by atoms with Crippen molar-refractivity contribution in [3.8, 4) is 11.3 Å². The van der Waals surface area contributed by atoms with Crippen LogP contribution in [0.2, 0.25) is 5.02 Å². The van der Waals surface area contributed by atoms with Crippen molar-refractivity contribution in [1.29, 1.82) is 0 Å². The number of amides is 1. The summed E-state index contributed by atoms with van der Waals surface area (Å²) in [7, 11) is 1.31. The van der Waals surface area contributed by atoms with E-state index in [0.29, 0.717) is 26.8 Å². The molecule has 0 spiro atoms. The quantitative estimate of drug-likeness (QED) is 0.351. The topological polar surface area (TPSA) is 103 Å². The lowest BCUT2D eigenvalue weighted by Crippen LogP contribution is -2.12. The monoisotopic (exact) mass is 494 g/mol. The molecule has 0 fully saturated rings. The molecule has 172 valence electrons. The molecule has 1 N–H and O–H groups in total. The van der Waals surface area contributed by atoms with Crippen molar-refractivity contribution in [3.05, 3.63) is 64.0 Å². The molecule has 9 nitrogen and oxygen atoms in total. The number of ether oxygens (including phenoxy) is 1. The fourth-order valence-corrected chi connectivity index (χ4v) is 5.22. The van der Waals surface area contributed by atoms with Crippen LogP contribution in [0.4, 0.5) is 5.69 Å². The maximum atomic E-state index is 13.1. The van der Waals surface area contributed by atoms with Gasteiger partial charge in [-0.3, -0.25) is 9.48 Å². The Morgan fingerprint density at radius 1 is 1.26 bits per heavy atom. The number of anilines is 1. The zero-order valence-corrected chi connectivity index (χ0v) is 20.1. The van der Waals surface area contributed by atoms with E-state index >= 15 is 0 Å². The molecule has 5 aromatic rings. The third-order valence-electron chi connectivity index (χ3n) is 5.45. The number of benzene rings is 1. The second kappa shape index (κ2) is 8.54. The number of halogens is 1. The molecule has 0 bridgehead atoms. The van der Waals surface area contributed by atoms with Gasteiger partial charge in [0.25, 0.3) is 5.91 Å². The van der Waals surface area contributed by atoms with Gasteiger partial charge >= 0.3 is 5.97 Å². The molecule has 0 saturated carbocycles. The second-order valence-corrected chi connectivity index (χ2v) is 8.94. The maximum Gasteiger partial charge on any atom is 0.349 e. The number of nitrogens with zero attached hydrogens (tertiary/aromatic N) is 5. The highest BCUT2D eigenvalue weighted by molar-refractivity contribution is 7.21. The summed E-state index contributed by atoms with van der Waals surface area (Å²) in [4.78, 5) is 29.7.